The average Bonchev–Trinajstić information content (AvgIpc) is 3.43. The van der Waals surface area contributed by atoms with Gasteiger partial charge in [0.15, 0.2) is 5.65 Å². The van der Waals surface area contributed by atoms with Gasteiger partial charge in [0.1, 0.15) is 22.6 Å². The standard InChI is InChI=1S/C24H24F4N6O2S/c1-29-22(35)14-7-8-20(36-2)18(11-14)31-9-3-5-17-23(37-24(26,27)28)34-10-4-6-16(21(34)33-17)32-19-13-30-12-15(19)25/h4,6-8,10-11,15,19,30-32H,9,12-13H2,1-2H3,(H,29,35)/t15-,19+/m0/s1. The summed E-state index contributed by atoms with van der Waals surface area (Å²) in [5, 5.41) is 11.3. The van der Waals surface area contributed by atoms with Crippen LogP contribution in [0.3, 0.4) is 0 Å². The maximum atomic E-state index is 14.1. The molecule has 37 heavy (non-hydrogen) atoms. The van der Waals surface area contributed by atoms with Crippen LogP contribution in [0.1, 0.15) is 16.1 Å². The number of amides is 1. The fourth-order valence-corrected chi connectivity index (χ4v) is 4.49. The molecule has 1 fully saturated rings. The molecule has 4 rings (SSSR count). The molecule has 0 saturated carbocycles. The summed E-state index contributed by atoms with van der Waals surface area (Å²) in [6.45, 7) is 0.626. The highest BCUT2D eigenvalue weighted by Gasteiger charge is 2.33. The number of methoxy groups -OCH3 is 1. The Balaban J connectivity index is 1.62. The molecule has 8 nitrogen and oxygen atoms in total. The number of halogens is 4. The quantitative estimate of drug-likeness (QED) is 0.209. The highest BCUT2D eigenvalue weighted by molar-refractivity contribution is 8.00. The Morgan fingerprint density at radius 1 is 1.30 bits per heavy atom. The number of rotatable bonds is 7. The SMILES string of the molecule is CNC(=O)c1ccc(OC)c(NCC#Cc2nc3c(N[C@@H]4CNC[C@@H]4F)cccn3c2SC(F)(F)F)c1. The molecule has 0 unspecified atom stereocenters. The topological polar surface area (TPSA) is 91.7 Å². The minimum atomic E-state index is -4.57. The number of alkyl halides is 4. The Hall–Kier alpha value is -3.63. The second-order valence-corrected chi connectivity index (χ2v) is 9.06. The van der Waals surface area contributed by atoms with E-state index in [1.54, 1.807) is 30.3 Å². The Kier molecular flexibility index (Phi) is 7.99. The smallest absolute Gasteiger partial charge is 0.447 e. The number of hydrogen-bond donors (Lipinski definition) is 4. The second kappa shape index (κ2) is 11.2. The Labute approximate surface area is 214 Å². The Morgan fingerprint density at radius 3 is 2.78 bits per heavy atom. The number of ether oxygens (including phenoxy) is 1. The lowest BCUT2D eigenvalue weighted by Crippen LogP contribution is -2.29. The van der Waals surface area contributed by atoms with Crippen molar-refractivity contribution in [2.24, 2.45) is 0 Å². The molecule has 0 bridgehead atoms. The van der Waals surface area contributed by atoms with Gasteiger partial charge in [0.2, 0.25) is 0 Å². The van der Waals surface area contributed by atoms with Gasteiger partial charge in [-0.2, -0.15) is 13.2 Å². The van der Waals surface area contributed by atoms with E-state index in [4.69, 9.17) is 4.74 Å². The van der Waals surface area contributed by atoms with Crippen molar-refractivity contribution in [2.75, 3.05) is 44.4 Å². The van der Waals surface area contributed by atoms with Gasteiger partial charge in [0.25, 0.3) is 5.91 Å². The molecule has 3 heterocycles. The molecule has 1 aromatic carbocycles. The zero-order valence-electron chi connectivity index (χ0n) is 19.9. The Bertz CT molecular complexity index is 1350. The van der Waals surface area contributed by atoms with Crippen LogP contribution in [0.2, 0.25) is 0 Å². The first-order valence-corrected chi connectivity index (χ1v) is 12.0. The molecule has 4 N–H and O–H groups in total. The van der Waals surface area contributed by atoms with Gasteiger partial charge >= 0.3 is 5.51 Å². The molecular weight excluding hydrogens is 512 g/mol. The van der Waals surface area contributed by atoms with Crippen molar-refractivity contribution in [1.82, 2.24) is 20.0 Å². The summed E-state index contributed by atoms with van der Waals surface area (Å²) in [7, 11) is 2.99. The van der Waals surface area contributed by atoms with Crippen LogP contribution in [0.15, 0.2) is 41.6 Å². The van der Waals surface area contributed by atoms with Crippen molar-refractivity contribution in [3.63, 3.8) is 0 Å². The number of pyridine rings is 1. The predicted octanol–water partition coefficient (Wildman–Crippen LogP) is 3.50. The van der Waals surface area contributed by atoms with Crippen LogP contribution in [0.5, 0.6) is 5.75 Å². The molecule has 2 aromatic heterocycles. The van der Waals surface area contributed by atoms with Crippen LogP contribution >= 0.6 is 11.8 Å². The number of thioether (sulfide) groups is 1. The van der Waals surface area contributed by atoms with Crippen LogP contribution in [0, 0.1) is 11.8 Å². The van der Waals surface area contributed by atoms with Gasteiger partial charge in [-0.25, -0.2) is 9.37 Å². The molecule has 3 aromatic rings. The highest BCUT2D eigenvalue weighted by atomic mass is 32.2. The van der Waals surface area contributed by atoms with E-state index in [0.717, 1.165) is 0 Å². The van der Waals surface area contributed by atoms with Crippen molar-refractivity contribution in [3.05, 3.63) is 47.8 Å². The van der Waals surface area contributed by atoms with E-state index in [0.29, 0.717) is 29.2 Å². The summed E-state index contributed by atoms with van der Waals surface area (Å²) < 4.78 is 60.8. The maximum absolute atomic E-state index is 14.1. The van der Waals surface area contributed by atoms with Crippen molar-refractivity contribution >= 4 is 34.7 Å². The zero-order valence-corrected chi connectivity index (χ0v) is 20.7. The van der Waals surface area contributed by atoms with E-state index in [-0.39, 0.29) is 47.1 Å². The number of carbonyl (C=O) groups is 1. The van der Waals surface area contributed by atoms with Gasteiger partial charge in [-0.3, -0.25) is 9.20 Å². The molecule has 1 amide bonds. The third kappa shape index (κ3) is 6.20. The third-order valence-electron chi connectivity index (χ3n) is 5.56. The molecular formula is C24H24F4N6O2S. The minimum Gasteiger partial charge on any atom is -0.495 e. The van der Waals surface area contributed by atoms with Gasteiger partial charge < -0.3 is 26.0 Å². The lowest BCUT2D eigenvalue weighted by molar-refractivity contribution is -0.0330. The van der Waals surface area contributed by atoms with E-state index in [9.17, 15) is 22.4 Å². The number of carbonyl (C=O) groups excluding carboxylic acids is 1. The maximum Gasteiger partial charge on any atom is 0.447 e. The van der Waals surface area contributed by atoms with Crippen LogP contribution in [0.25, 0.3) is 5.65 Å². The first-order chi connectivity index (χ1) is 17.7. The molecule has 13 heteroatoms. The molecule has 196 valence electrons. The van der Waals surface area contributed by atoms with Crippen LogP contribution in [0.4, 0.5) is 28.9 Å². The van der Waals surface area contributed by atoms with E-state index in [1.165, 1.54) is 24.8 Å². The van der Waals surface area contributed by atoms with Gasteiger partial charge in [-0.15, -0.1) is 0 Å². The number of hydrogen-bond acceptors (Lipinski definition) is 7. The van der Waals surface area contributed by atoms with Crippen LogP contribution < -0.4 is 26.0 Å². The number of benzene rings is 1. The lowest BCUT2D eigenvalue weighted by atomic mass is 10.1. The Morgan fingerprint density at radius 2 is 2.11 bits per heavy atom. The van der Waals surface area contributed by atoms with Crippen LogP contribution in [-0.2, 0) is 0 Å². The molecule has 0 aliphatic carbocycles. The van der Waals surface area contributed by atoms with Gasteiger partial charge in [-0.1, -0.05) is 5.92 Å². The molecule has 2 atom stereocenters. The predicted molar refractivity (Wildman–Crippen MR) is 134 cm³/mol. The number of imidazole rings is 1. The monoisotopic (exact) mass is 536 g/mol. The molecule has 0 radical (unpaired) electrons. The van der Waals surface area contributed by atoms with Crippen molar-refractivity contribution < 1.29 is 27.1 Å². The van der Waals surface area contributed by atoms with E-state index >= 15 is 0 Å². The molecule has 0 spiro atoms. The number of fused-ring (bicyclic) bond motifs is 1. The van der Waals surface area contributed by atoms with E-state index in [2.05, 4.69) is 38.1 Å². The third-order valence-corrected chi connectivity index (χ3v) is 6.38. The van der Waals surface area contributed by atoms with Crippen LogP contribution in [-0.4, -0.2) is 66.8 Å². The summed E-state index contributed by atoms with van der Waals surface area (Å²) in [6, 6.07) is 7.49. The summed E-state index contributed by atoms with van der Waals surface area (Å²) in [5.41, 5.74) is -3.12. The summed E-state index contributed by atoms with van der Waals surface area (Å²) in [6.07, 6.45) is 0.323. The first-order valence-electron chi connectivity index (χ1n) is 11.2. The molecule has 1 aliphatic heterocycles. The normalized spacial score (nSPS) is 17.2. The second-order valence-electron chi connectivity index (χ2n) is 8.00. The zero-order chi connectivity index (χ0) is 26.6. The van der Waals surface area contributed by atoms with Gasteiger partial charge in [-0.05, 0) is 36.3 Å². The number of anilines is 2. The number of aromatic nitrogens is 2. The molecule has 1 aliphatic rings. The van der Waals surface area contributed by atoms with Crippen molar-refractivity contribution in [1.29, 1.82) is 0 Å². The molecule has 1 saturated heterocycles. The fraction of sp³-hybridized carbons (Fsp3) is 0.333. The largest absolute Gasteiger partial charge is 0.495 e. The number of nitrogens with one attached hydrogen (secondary N) is 4. The van der Waals surface area contributed by atoms with E-state index < -0.39 is 17.7 Å². The van der Waals surface area contributed by atoms with Crippen molar-refractivity contribution in [3.8, 4) is 17.6 Å². The summed E-state index contributed by atoms with van der Waals surface area (Å²) in [5.74, 6) is 5.68. The first kappa shape index (κ1) is 26.4. The van der Waals surface area contributed by atoms with E-state index in [1.807, 2.05) is 0 Å². The highest BCUT2D eigenvalue weighted by Crippen LogP contribution is 2.39. The van der Waals surface area contributed by atoms with Gasteiger partial charge in [0, 0.05) is 43.7 Å². The van der Waals surface area contributed by atoms with Gasteiger partial charge in [0.05, 0.1) is 31.1 Å². The minimum absolute atomic E-state index is 0.0416. The van der Waals surface area contributed by atoms with Crippen molar-refractivity contribution in [2.45, 2.75) is 22.7 Å². The summed E-state index contributed by atoms with van der Waals surface area (Å²) in [4.78, 5) is 16.3. The number of nitrogens with zero attached hydrogens (tertiary/aromatic N) is 2. The lowest BCUT2D eigenvalue weighted by Gasteiger charge is -2.16. The fourth-order valence-electron chi connectivity index (χ4n) is 3.83. The summed E-state index contributed by atoms with van der Waals surface area (Å²) >= 11 is -0.317. The average molecular weight is 537 g/mol.